The maximum absolute atomic E-state index is 14.4. The highest BCUT2D eigenvalue weighted by Crippen LogP contribution is 2.36. The zero-order valence-corrected chi connectivity index (χ0v) is 23.8. The fraction of sp³-hybridized carbons (Fsp3) is 0.485. The number of alkyl carbamates (subject to hydrolysis) is 1. The van der Waals surface area contributed by atoms with Crippen LogP contribution < -0.4 is 10.6 Å². The third kappa shape index (κ3) is 8.11. The van der Waals surface area contributed by atoms with Crippen LogP contribution >= 0.6 is 0 Å². The third-order valence-electron chi connectivity index (χ3n) is 7.34. The molecule has 2 atom stereocenters. The first kappa shape index (κ1) is 29.2. The molecule has 0 heterocycles. The standard InChI is InChI=1S/C33H41N3O4/c1-5-23-16-18-25(19-17-23)29(30(37)34-26-14-10-7-11-15-26)36(27-20-21-27)31(38)28(22-24-12-8-6-9-13-24)35-32(39)40-33(2,3)4/h1,6,8-9,12-13,16-19,26-29H,7,10-11,14-15,20-22H2,2-4H3,(H,34,37)(H,35,39). The summed E-state index contributed by atoms with van der Waals surface area (Å²) in [5, 5.41) is 6.06. The van der Waals surface area contributed by atoms with Crippen LogP contribution in [0.25, 0.3) is 0 Å². The van der Waals surface area contributed by atoms with Crippen molar-refractivity contribution in [2.45, 2.75) is 102 Å². The minimum Gasteiger partial charge on any atom is -0.444 e. The van der Waals surface area contributed by atoms with E-state index in [0.29, 0.717) is 11.1 Å². The molecule has 0 bridgehead atoms. The molecule has 2 aliphatic carbocycles. The molecule has 7 nitrogen and oxygen atoms in total. The second kappa shape index (κ2) is 13.0. The number of hydrogen-bond acceptors (Lipinski definition) is 4. The predicted octanol–water partition coefficient (Wildman–Crippen LogP) is 5.28. The number of carbonyl (C=O) groups excluding carboxylic acids is 3. The normalized spacial score (nSPS) is 17.1. The van der Waals surface area contributed by atoms with E-state index in [-0.39, 0.29) is 30.3 Å². The Morgan fingerprint density at radius 2 is 1.62 bits per heavy atom. The molecule has 2 saturated carbocycles. The molecule has 2 aliphatic rings. The number of nitrogens with zero attached hydrogens (tertiary/aromatic N) is 1. The van der Waals surface area contributed by atoms with Gasteiger partial charge in [0.25, 0.3) is 0 Å². The molecule has 7 heteroatoms. The van der Waals surface area contributed by atoms with Gasteiger partial charge in [-0.1, -0.05) is 67.6 Å². The molecule has 3 amide bonds. The molecule has 2 N–H and O–H groups in total. The van der Waals surface area contributed by atoms with Gasteiger partial charge in [-0.3, -0.25) is 9.59 Å². The number of terminal acetylenes is 1. The van der Waals surface area contributed by atoms with Crippen molar-refractivity contribution in [2.75, 3.05) is 0 Å². The Bertz CT molecular complexity index is 1200. The average molecular weight is 544 g/mol. The molecular formula is C33H41N3O4. The summed E-state index contributed by atoms with van der Waals surface area (Å²) in [4.78, 5) is 43.0. The summed E-state index contributed by atoms with van der Waals surface area (Å²) in [6.07, 6.45) is 12.0. The van der Waals surface area contributed by atoms with Crippen molar-refractivity contribution in [3.8, 4) is 12.3 Å². The van der Waals surface area contributed by atoms with E-state index in [1.807, 2.05) is 42.5 Å². The van der Waals surface area contributed by atoms with E-state index in [9.17, 15) is 14.4 Å². The summed E-state index contributed by atoms with van der Waals surface area (Å²) < 4.78 is 5.51. The maximum Gasteiger partial charge on any atom is 0.408 e. The van der Waals surface area contributed by atoms with E-state index >= 15 is 0 Å². The van der Waals surface area contributed by atoms with Crippen LogP contribution in [0.5, 0.6) is 0 Å². The van der Waals surface area contributed by atoms with Gasteiger partial charge in [0, 0.05) is 24.1 Å². The Morgan fingerprint density at radius 1 is 0.975 bits per heavy atom. The highest BCUT2D eigenvalue weighted by molar-refractivity contribution is 5.93. The number of benzene rings is 2. The second-order valence-corrected chi connectivity index (χ2v) is 11.9. The number of rotatable bonds is 9. The molecule has 0 spiro atoms. The molecule has 2 aromatic carbocycles. The summed E-state index contributed by atoms with van der Waals surface area (Å²) in [7, 11) is 0. The zero-order valence-electron chi connectivity index (χ0n) is 23.8. The molecular weight excluding hydrogens is 502 g/mol. The molecule has 2 unspecified atom stereocenters. The minimum atomic E-state index is -0.909. The van der Waals surface area contributed by atoms with Gasteiger partial charge < -0.3 is 20.3 Å². The van der Waals surface area contributed by atoms with E-state index in [0.717, 1.165) is 44.1 Å². The summed E-state index contributed by atoms with van der Waals surface area (Å²) >= 11 is 0. The van der Waals surface area contributed by atoms with E-state index in [4.69, 9.17) is 11.2 Å². The summed E-state index contributed by atoms with van der Waals surface area (Å²) in [6, 6.07) is 15.0. The van der Waals surface area contributed by atoms with Gasteiger partial charge in [-0.2, -0.15) is 0 Å². The van der Waals surface area contributed by atoms with Crippen molar-refractivity contribution in [1.82, 2.24) is 15.5 Å². The van der Waals surface area contributed by atoms with Crippen LogP contribution in [0, 0.1) is 12.3 Å². The predicted molar refractivity (Wildman–Crippen MR) is 155 cm³/mol. The van der Waals surface area contributed by atoms with Gasteiger partial charge in [-0.25, -0.2) is 4.79 Å². The number of nitrogens with one attached hydrogen (secondary N) is 2. The van der Waals surface area contributed by atoms with Gasteiger partial charge in [0.2, 0.25) is 11.8 Å². The first-order valence-corrected chi connectivity index (χ1v) is 14.4. The van der Waals surface area contributed by atoms with Gasteiger partial charge in [-0.15, -0.1) is 6.42 Å². The minimum absolute atomic E-state index is 0.0879. The smallest absolute Gasteiger partial charge is 0.408 e. The van der Waals surface area contributed by atoms with E-state index < -0.39 is 23.8 Å². The van der Waals surface area contributed by atoms with Crippen molar-refractivity contribution in [3.63, 3.8) is 0 Å². The summed E-state index contributed by atoms with van der Waals surface area (Å²) in [5.41, 5.74) is 1.58. The molecule has 0 saturated heterocycles. The lowest BCUT2D eigenvalue weighted by molar-refractivity contribution is -0.143. The van der Waals surface area contributed by atoms with Gasteiger partial charge >= 0.3 is 6.09 Å². The molecule has 2 aromatic rings. The Hall–Kier alpha value is -3.79. The van der Waals surface area contributed by atoms with E-state index in [1.54, 1.807) is 37.8 Å². The van der Waals surface area contributed by atoms with Crippen LogP contribution in [0.15, 0.2) is 54.6 Å². The number of amides is 3. The lowest BCUT2D eigenvalue weighted by atomic mass is 9.94. The first-order valence-electron chi connectivity index (χ1n) is 14.4. The van der Waals surface area contributed by atoms with Gasteiger partial charge in [0.15, 0.2) is 0 Å². The van der Waals surface area contributed by atoms with Crippen molar-refractivity contribution >= 4 is 17.9 Å². The van der Waals surface area contributed by atoms with Crippen LogP contribution in [0.4, 0.5) is 4.79 Å². The van der Waals surface area contributed by atoms with Crippen molar-refractivity contribution in [2.24, 2.45) is 0 Å². The lowest BCUT2D eigenvalue weighted by Crippen LogP contribution is -2.55. The monoisotopic (exact) mass is 543 g/mol. The topological polar surface area (TPSA) is 87.7 Å². The molecule has 4 rings (SSSR count). The summed E-state index contributed by atoms with van der Waals surface area (Å²) in [6.45, 7) is 5.34. The molecule has 40 heavy (non-hydrogen) atoms. The highest BCUT2D eigenvalue weighted by atomic mass is 16.6. The van der Waals surface area contributed by atoms with Gasteiger partial charge in [0.05, 0.1) is 0 Å². The first-order chi connectivity index (χ1) is 19.1. The molecule has 212 valence electrons. The molecule has 0 aliphatic heterocycles. The number of hydrogen-bond donors (Lipinski definition) is 2. The highest BCUT2D eigenvalue weighted by Gasteiger charge is 2.44. The van der Waals surface area contributed by atoms with Gasteiger partial charge in [-0.05, 0) is 69.7 Å². The van der Waals surface area contributed by atoms with E-state index in [1.165, 1.54) is 6.42 Å². The number of carbonyl (C=O) groups is 3. The van der Waals surface area contributed by atoms with Crippen LogP contribution in [-0.2, 0) is 20.7 Å². The Morgan fingerprint density at radius 3 is 2.20 bits per heavy atom. The van der Waals surface area contributed by atoms with Gasteiger partial charge in [0.1, 0.15) is 17.7 Å². The lowest BCUT2D eigenvalue weighted by Gasteiger charge is -2.36. The van der Waals surface area contributed by atoms with Crippen LogP contribution in [-0.4, -0.2) is 46.5 Å². The Kier molecular flexibility index (Phi) is 9.52. The largest absolute Gasteiger partial charge is 0.444 e. The van der Waals surface area contributed by atoms with Crippen molar-refractivity contribution < 1.29 is 19.1 Å². The molecule has 2 fully saturated rings. The SMILES string of the molecule is C#Cc1ccc(C(C(=O)NC2CCCCC2)N(C(=O)C(Cc2ccccc2)NC(=O)OC(C)(C)C)C2CC2)cc1. The van der Waals surface area contributed by atoms with Crippen LogP contribution in [0.2, 0.25) is 0 Å². The summed E-state index contributed by atoms with van der Waals surface area (Å²) in [5.74, 6) is 2.12. The number of ether oxygens (including phenoxy) is 1. The second-order valence-electron chi connectivity index (χ2n) is 11.9. The quantitative estimate of drug-likeness (QED) is 0.421. The fourth-order valence-corrected chi connectivity index (χ4v) is 5.28. The zero-order chi connectivity index (χ0) is 28.7. The molecule has 0 radical (unpaired) electrons. The van der Waals surface area contributed by atoms with Crippen LogP contribution in [0.3, 0.4) is 0 Å². The van der Waals surface area contributed by atoms with Crippen LogP contribution in [0.1, 0.15) is 88.4 Å². The molecule has 0 aromatic heterocycles. The Labute approximate surface area is 238 Å². The fourth-order valence-electron chi connectivity index (χ4n) is 5.28. The third-order valence-corrected chi connectivity index (χ3v) is 7.34. The average Bonchev–Trinajstić information content (AvgIpc) is 3.76. The maximum atomic E-state index is 14.4. The van der Waals surface area contributed by atoms with Crippen molar-refractivity contribution in [3.05, 3.63) is 71.3 Å². The van der Waals surface area contributed by atoms with E-state index in [2.05, 4.69) is 16.6 Å². The Balaban J connectivity index is 1.68. The van der Waals surface area contributed by atoms with Crippen molar-refractivity contribution in [1.29, 1.82) is 0 Å².